The molecule has 2 rings (SSSR count). The summed E-state index contributed by atoms with van der Waals surface area (Å²) in [5.74, 6) is -0.694. The number of nitrogens with two attached hydrogens (primary N) is 1. The van der Waals surface area contributed by atoms with Crippen LogP contribution >= 0.6 is 0 Å². The zero-order valence-corrected chi connectivity index (χ0v) is 11.9. The fraction of sp³-hybridized carbons (Fsp3) is 0.533. The second kappa shape index (κ2) is 7.17. The number of amides is 1. The number of pyridine rings is 1. The van der Waals surface area contributed by atoms with Crippen LogP contribution < -0.4 is 11.1 Å². The number of hydrogen-bond acceptors (Lipinski definition) is 4. The van der Waals surface area contributed by atoms with Crippen LogP contribution in [0.1, 0.15) is 41.7 Å². The predicted molar refractivity (Wildman–Crippen MR) is 77.5 cm³/mol. The largest absolute Gasteiger partial charge is 0.481 e. The number of nitrogens with zero attached hydrogens (tertiary/aromatic N) is 1. The summed E-state index contributed by atoms with van der Waals surface area (Å²) in [6.45, 7) is 0.895. The molecule has 1 saturated carbocycles. The van der Waals surface area contributed by atoms with Gasteiger partial charge in [-0.05, 0) is 43.7 Å². The van der Waals surface area contributed by atoms with Crippen LogP contribution in [0.4, 0.5) is 0 Å². The van der Waals surface area contributed by atoms with Crippen molar-refractivity contribution >= 4 is 11.9 Å². The zero-order valence-electron chi connectivity index (χ0n) is 11.9. The topological polar surface area (TPSA) is 105 Å². The monoisotopic (exact) mass is 291 g/mol. The molecule has 0 bridgehead atoms. The molecule has 0 radical (unpaired) electrons. The van der Waals surface area contributed by atoms with Crippen molar-refractivity contribution in [3.8, 4) is 0 Å². The van der Waals surface area contributed by atoms with Crippen LogP contribution in [0.5, 0.6) is 0 Å². The molecule has 1 fully saturated rings. The Bertz CT molecular complexity index is 511. The number of aliphatic carboxylic acids is 1. The fourth-order valence-electron chi connectivity index (χ4n) is 2.68. The van der Waals surface area contributed by atoms with Crippen molar-refractivity contribution in [2.45, 2.75) is 32.2 Å². The van der Waals surface area contributed by atoms with E-state index in [4.69, 9.17) is 10.8 Å². The lowest BCUT2D eigenvalue weighted by Crippen LogP contribution is -2.32. The van der Waals surface area contributed by atoms with Gasteiger partial charge in [0.1, 0.15) is 0 Å². The first-order chi connectivity index (χ1) is 10.1. The molecule has 1 amide bonds. The van der Waals surface area contributed by atoms with Gasteiger partial charge >= 0.3 is 5.97 Å². The Morgan fingerprint density at radius 2 is 2.05 bits per heavy atom. The smallest absolute Gasteiger partial charge is 0.306 e. The maximum Gasteiger partial charge on any atom is 0.306 e. The van der Waals surface area contributed by atoms with Gasteiger partial charge in [-0.2, -0.15) is 0 Å². The van der Waals surface area contributed by atoms with E-state index in [-0.39, 0.29) is 11.8 Å². The Balaban J connectivity index is 1.80. The van der Waals surface area contributed by atoms with Gasteiger partial charge in [-0.25, -0.2) is 0 Å². The summed E-state index contributed by atoms with van der Waals surface area (Å²) in [6.07, 6.45) is 4.67. The maximum atomic E-state index is 12.1. The summed E-state index contributed by atoms with van der Waals surface area (Å²) in [5.41, 5.74) is 6.75. The second-order valence-electron chi connectivity index (χ2n) is 5.51. The zero-order chi connectivity index (χ0) is 15.2. The molecule has 1 aliphatic rings. The van der Waals surface area contributed by atoms with E-state index in [1.165, 1.54) is 0 Å². The summed E-state index contributed by atoms with van der Waals surface area (Å²) in [7, 11) is 0. The average Bonchev–Trinajstić information content (AvgIpc) is 2.53. The summed E-state index contributed by atoms with van der Waals surface area (Å²) < 4.78 is 0. The molecule has 0 unspecified atom stereocenters. The van der Waals surface area contributed by atoms with Crippen LogP contribution in [-0.4, -0.2) is 28.5 Å². The number of hydrogen-bond donors (Lipinski definition) is 3. The van der Waals surface area contributed by atoms with E-state index in [1.807, 2.05) is 0 Å². The Labute approximate surface area is 123 Å². The van der Waals surface area contributed by atoms with E-state index in [1.54, 1.807) is 18.3 Å². The molecule has 0 spiro atoms. The fourth-order valence-corrected chi connectivity index (χ4v) is 2.68. The van der Waals surface area contributed by atoms with E-state index in [2.05, 4.69) is 10.3 Å². The molecule has 0 saturated heterocycles. The van der Waals surface area contributed by atoms with Crippen molar-refractivity contribution in [2.75, 3.05) is 6.54 Å². The van der Waals surface area contributed by atoms with Gasteiger partial charge < -0.3 is 16.2 Å². The minimum absolute atomic E-state index is 0.132. The molecule has 1 heterocycles. The summed E-state index contributed by atoms with van der Waals surface area (Å²) in [5, 5.41) is 11.9. The normalized spacial score (nSPS) is 21.8. The Hall–Kier alpha value is -1.95. The quantitative estimate of drug-likeness (QED) is 0.755. The van der Waals surface area contributed by atoms with Gasteiger partial charge in [-0.3, -0.25) is 14.6 Å². The Morgan fingerprint density at radius 1 is 1.33 bits per heavy atom. The lowest BCUT2D eigenvalue weighted by molar-refractivity contribution is -0.143. The molecule has 6 heteroatoms. The third-order valence-electron chi connectivity index (χ3n) is 4.04. The maximum absolute atomic E-state index is 12.1. The summed E-state index contributed by atoms with van der Waals surface area (Å²) >= 11 is 0. The average molecular weight is 291 g/mol. The van der Waals surface area contributed by atoms with Crippen LogP contribution in [-0.2, 0) is 11.3 Å². The van der Waals surface area contributed by atoms with Crippen molar-refractivity contribution in [1.29, 1.82) is 0 Å². The van der Waals surface area contributed by atoms with Gasteiger partial charge in [-0.1, -0.05) is 0 Å². The summed E-state index contributed by atoms with van der Waals surface area (Å²) in [6, 6.07) is 3.35. The van der Waals surface area contributed by atoms with Crippen LogP contribution in [0.15, 0.2) is 18.3 Å². The third-order valence-corrected chi connectivity index (χ3v) is 4.04. The SMILES string of the molecule is NCc1cc(C(=O)NCC2CCC(C(=O)O)CC2)ccn1. The van der Waals surface area contributed by atoms with Crippen LogP contribution in [0.2, 0.25) is 0 Å². The van der Waals surface area contributed by atoms with E-state index in [0.717, 1.165) is 12.8 Å². The van der Waals surface area contributed by atoms with Gasteiger partial charge in [0.05, 0.1) is 11.6 Å². The Morgan fingerprint density at radius 3 is 2.67 bits per heavy atom. The Kier molecular flexibility index (Phi) is 5.27. The van der Waals surface area contributed by atoms with Crippen LogP contribution in [0, 0.1) is 11.8 Å². The number of aromatic nitrogens is 1. The molecule has 4 N–H and O–H groups in total. The second-order valence-corrected chi connectivity index (χ2v) is 5.51. The van der Waals surface area contributed by atoms with Crippen molar-refractivity contribution < 1.29 is 14.7 Å². The third kappa shape index (κ3) is 4.26. The summed E-state index contributed by atoms with van der Waals surface area (Å²) in [4.78, 5) is 27.0. The lowest BCUT2D eigenvalue weighted by Gasteiger charge is -2.26. The van der Waals surface area contributed by atoms with Crippen molar-refractivity contribution in [3.63, 3.8) is 0 Å². The molecule has 0 aliphatic heterocycles. The first kappa shape index (κ1) is 15.4. The number of nitrogens with one attached hydrogen (secondary N) is 1. The minimum Gasteiger partial charge on any atom is -0.481 e. The molecule has 0 atom stereocenters. The van der Waals surface area contributed by atoms with E-state index in [0.29, 0.717) is 43.1 Å². The van der Waals surface area contributed by atoms with E-state index in [9.17, 15) is 9.59 Å². The van der Waals surface area contributed by atoms with Gasteiger partial charge in [0.25, 0.3) is 5.91 Å². The molecule has 6 nitrogen and oxygen atoms in total. The highest BCUT2D eigenvalue weighted by molar-refractivity contribution is 5.94. The number of carbonyl (C=O) groups is 2. The lowest BCUT2D eigenvalue weighted by atomic mass is 9.82. The predicted octanol–water partition coefficient (Wildman–Crippen LogP) is 1.16. The van der Waals surface area contributed by atoms with Gasteiger partial charge in [0.2, 0.25) is 0 Å². The molecular weight excluding hydrogens is 270 g/mol. The minimum atomic E-state index is -0.705. The molecular formula is C15H21N3O3. The van der Waals surface area contributed by atoms with E-state index < -0.39 is 5.97 Å². The molecule has 1 aromatic heterocycles. The molecule has 1 aromatic rings. The first-order valence-electron chi connectivity index (χ1n) is 7.26. The van der Waals surface area contributed by atoms with Gasteiger partial charge in [-0.15, -0.1) is 0 Å². The van der Waals surface area contributed by atoms with Crippen molar-refractivity contribution in [2.24, 2.45) is 17.6 Å². The number of carboxylic acid groups (broad SMARTS) is 1. The van der Waals surface area contributed by atoms with E-state index >= 15 is 0 Å². The standard InChI is InChI=1S/C15H21N3O3/c16-8-13-7-12(5-6-17-13)14(19)18-9-10-1-3-11(4-2-10)15(20)21/h5-7,10-11H,1-4,8-9,16H2,(H,18,19)(H,20,21). The molecule has 1 aliphatic carbocycles. The van der Waals surface area contributed by atoms with Gasteiger partial charge in [0, 0.05) is 24.8 Å². The highest BCUT2D eigenvalue weighted by Gasteiger charge is 2.26. The van der Waals surface area contributed by atoms with Crippen LogP contribution in [0.3, 0.4) is 0 Å². The molecule has 114 valence electrons. The van der Waals surface area contributed by atoms with Gasteiger partial charge in [0.15, 0.2) is 0 Å². The number of rotatable bonds is 5. The van der Waals surface area contributed by atoms with Crippen LogP contribution in [0.25, 0.3) is 0 Å². The van der Waals surface area contributed by atoms with Crippen molar-refractivity contribution in [1.82, 2.24) is 10.3 Å². The molecule has 21 heavy (non-hydrogen) atoms. The highest BCUT2D eigenvalue weighted by Crippen LogP contribution is 2.28. The first-order valence-corrected chi connectivity index (χ1v) is 7.26. The molecule has 0 aromatic carbocycles. The number of carboxylic acids is 1. The number of carbonyl (C=O) groups excluding carboxylic acids is 1. The van der Waals surface area contributed by atoms with Crippen molar-refractivity contribution in [3.05, 3.63) is 29.6 Å². The highest BCUT2D eigenvalue weighted by atomic mass is 16.4.